The van der Waals surface area contributed by atoms with E-state index in [1.54, 1.807) is 18.2 Å². The summed E-state index contributed by atoms with van der Waals surface area (Å²) in [5, 5.41) is 9.08. The van der Waals surface area contributed by atoms with Gasteiger partial charge in [-0.15, -0.1) is 0 Å². The van der Waals surface area contributed by atoms with Crippen LogP contribution in [0.1, 0.15) is 5.56 Å². The molecule has 0 aliphatic rings. The minimum absolute atomic E-state index is 0.0964. The number of benzene rings is 2. The summed E-state index contributed by atoms with van der Waals surface area (Å²) in [6.07, 6.45) is 0. The second kappa shape index (κ2) is 6.11. The number of aliphatic hydroxyl groups is 1. The Labute approximate surface area is 124 Å². The molecule has 0 fully saturated rings. The predicted octanol–water partition coefficient (Wildman–Crippen LogP) is 3.46. The topological polar surface area (TPSA) is 64.7 Å². The van der Waals surface area contributed by atoms with Crippen molar-refractivity contribution < 1.29 is 19.0 Å². The number of rotatable bonds is 4. The van der Waals surface area contributed by atoms with Gasteiger partial charge < -0.3 is 20.3 Å². The number of hydrogen-bond donors (Lipinski definition) is 2. The van der Waals surface area contributed by atoms with E-state index in [9.17, 15) is 4.39 Å². The molecule has 2 rings (SSSR count). The lowest BCUT2D eigenvalue weighted by molar-refractivity contribution is 0.280. The first-order chi connectivity index (χ1) is 9.55. The molecule has 0 unspecified atom stereocenters. The third kappa shape index (κ3) is 3.02. The van der Waals surface area contributed by atoms with Gasteiger partial charge in [0.1, 0.15) is 5.82 Å². The summed E-state index contributed by atoms with van der Waals surface area (Å²) in [7, 11) is 1.49. The average molecular weight is 342 g/mol. The zero-order chi connectivity index (χ0) is 14.7. The Morgan fingerprint density at radius 2 is 1.95 bits per heavy atom. The number of aliphatic hydroxyl groups excluding tert-OH is 1. The molecule has 0 radical (unpaired) electrons. The Balaban J connectivity index is 2.37. The molecule has 0 amide bonds. The molecule has 0 saturated carbocycles. The molecule has 0 spiro atoms. The van der Waals surface area contributed by atoms with E-state index in [2.05, 4.69) is 15.9 Å². The van der Waals surface area contributed by atoms with Crippen LogP contribution in [0, 0.1) is 5.82 Å². The summed E-state index contributed by atoms with van der Waals surface area (Å²) in [6.45, 7) is -0.0964. The fraction of sp³-hybridized carbons (Fsp3) is 0.143. The Bertz CT molecular complexity index is 634. The van der Waals surface area contributed by atoms with E-state index in [-0.39, 0.29) is 16.8 Å². The van der Waals surface area contributed by atoms with Gasteiger partial charge in [0.05, 0.1) is 23.9 Å². The van der Waals surface area contributed by atoms with Crippen molar-refractivity contribution in [2.75, 3.05) is 12.8 Å². The number of anilines is 1. The van der Waals surface area contributed by atoms with Crippen LogP contribution in [0.15, 0.2) is 34.8 Å². The van der Waals surface area contributed by atoms with Crippen LogP contribution in [0.2, 0.25) is 0 Å². The molecule has 6 heteroatoms. The number of methoxy groups -OCH3 is 1. The van der Waals surface area contributed by atoms with Crippen molar-refractivity contribution in [3.8, 4) is 17.2 Å². The first-order valence-electron chi connectivity index (χ1n) is 5.75. The Morgan fingerprint density at radius 3 is 2.60 bits per heavy atom. The van der Waals surface area contributed by atoms with Crippen LogP contribution in [-0.2, 0) is 6.61 Å². The molecule has 2 aromatic rings. The van der Waals surface area contributed by atoms with Crippen molar-refractivity contribution in [1.82, 2.24) is 0 Å². The fourth-order valence-electron chi connectivity index (χ4n) is 1.65. The van der Waals surface area contributed by atoms with Crippen molar-refractivity contribution in [3.63, 3.8) is 0 Å². The number of ether oxygens (including phenoxy) is 2. The molecule has 0 heterocycles. The number of nitrogens with two attached hydrogens (primary N) is 1. The van der Waals surface area contributed by atoms with E-state index in [0.29, 0.717) is 22.8 Å². The maximum absolute atomic E-state index is 13.3. The van der Waals surface area contributed by atoms with Gasteiger partial charge in [0.2, 0.25) is 0 Å². The van der Waals surface area contributed by atoms with Gasteiger partial charge >= 0.3 is 0 Å². The predicted molar refractivity (Wildman–Crippen MR) is 77.5 cm³/mol. The smallest absolute Gasteiger partial charge is 0.169 e. The quantitative estimate of drug-likeness (QED) is 0.836. The molecular formula is C14H13BrFNO3. The Kier molecular flexibility index (Phi) is 4.46. The number of halogens is 2. The van der Waals surface area contributed by atoms with Gasteiger partial charge in [-0.25, -0.2) is 4.39 Å². The van der Waals surface area contributed by atoms with Crippen molar-refractivity contribution in [3.05, 3.63) is 46.2 Å². The van der Waals surface area contributed by atoms with Crippen LogP contribution < -0.4 is 15.2 Å². The third-order valence-corrected chi connectivity index (χ3v) is 3.29. The Morgan fingerprint density at radius 1 is 1.20 bits per heavy atom. The molecule has 0 aromatic heterocycles. The van der Waals surface area contributed by atoms with Crippen LogP contribution in [0.25, 0.3) is 0 Å². The van der Waals surface area contributed by atoms with Gasteiger partial charge in [-0.3, -0.25) is 0 Å². The molecule has 0 aliphatic heterocycles. The fourth-order valence-corrected chi connectivity index (χ4v) is 1.97. The summed E-state index contributed by atoms with van der Waals surface area (Å²) in [5.41, 5.74) is 6.60. The first-order valence-corrected chi connectivity index (χ1v) is 6.54. The highest BCUT2D eigenvalue weighted by atomic mass is 79.9. The lowest BCUT2D eigenvalue weighted by atomic mass is 10.2. The third-order valence-electron chi connectivity index (χ3n) is 2.68. The highest BCUT2D eigenvalue weighted by molar-refractivity contribution is 9.10. The summed E-state index contributed by atoms with van der Waals surface area (Å²) >= 11 is 3.08. The van der Waals surface area contributed by atoms with E-state index in [0.717, 1.165) is 0 Å². The summed E-state index contributed by atoms with van der Waals surface area (Å²) in [4.78, 5) is 0. The van der Waals surface area contributed by atoms with Crippen LogP contribution in [-0.4, -0.2) is 12.2 Å². The average Bonchev–Trinajstić information content (AvgIpc) is 2.45. The standard InChI is InChI=1S/C14H13BrFNO3/c1-19-14-4-8(7-18)2-3-12(14)20-13-5-9(15)10(16)6-11(13)17/h2-6,18H,7,17H2,1H3. The molecule has 106 valence electrons. The maximum atomic E-state index is 13.3. The monoisotopic (exact) mass is 341 g/mol. The molecule has 0 atom stereocenters. The molecule has 20 heavy (non-hydrogen) atoms. The minimum Gasteiger partial charge on any atom is -0.493 e. The SMILES string of the molecule is COc1cc(CO)ccc1Oc1cc(Br)c(F)cc1N. The first kappa shape index (κ1) is 14.6. The lowest BCUT2D eigenvalue weighted by Crippen LogP contribution is -1.96. The van der Waals surface area contributed by atoms with E-state index in [4.69, 9.17) is 20.3 Å². The zero-order valence-electron chi connectivity index (χ0n) is 10.7. The minimum atomic E-state index is -0.461. The van der Waals surface area contributed by atoms with Gasteiger partial charge in [-0.2, -0.15) is 0 Å². The zero-order valence-corrected chi connectivity index (χ0v) is 12.3. The van der Waals surface area contributed by atoms with Crippen molar-refractivity contribution in [2.24, 2.45) is 0 Å². The second-order valence-corrected chi connectivity index (χ2v) is 4.90. The largest absolute Gasteiger partial charge is 0.493 e. The van der Waals surface area contributed by atoms with Gasteiger partial charge in [0, 0.05) is 12.1 Å². The molecular weight excluding hydrogens is 329 g/mol. The van der Waals surface area contributed by atoms with Crippen molar-refractivity contribution >= 4 is 21.6 Å². The van der Waals surface area contributed by atoms with E-state index in [1.165, 1.54) is 19.2 Å². The van der Waals surface area contributed by atoms with Gasteiger partial charge in [-0.1, -0.05) is 6.07 Å². The Hall–Kier alpha value is -1.79. The van der Waals surface area contributed by atoms with E-state index >= 15 is 0 Å². The van der Waals surface area contributed by atoms with Crippen LogP contribution in [0.4, 0.5) is 10.1 Å². The summed E-state index contributed by atoms with van der Waals surface area (Å²) in [6, 6.07) is 7.63. The van der Waals surface area contributed by atoms with Gasteiger partial charge in [0.25, 0.3) is 0 Å². The van der Waals surface area contributed by atoms with Crippen LogP contribution >= 0.6 is 15.9 Å². The number of nitrogen functional groups attached to an aromatic ring is 1. The molecule has 2 aromatic carbocycles. The van der Waals surface area contributed by atoms with Crippen LogP contribution in [0.3, 0.4) is 0 Å². The van der Waals surface area contributed by atoms with Crippen molar-refractivity contribution in [2.45, 2.75) is 6.61 Å². The molecule has 0 saturated heterocycles. The lowest BCUT2D eigenvalue weighted by Gasteiger charge is -2.13. The molecule has 0 bridgehead atoms. The van der Waals surface area contributed by atoms with E-state index in [1.807, 2.05) is 0 Å². The summed E-state index contributed by atoms with van der Waals surface area (Å²) in [5.74, 6) is 0.733. The molecule has 4 nitrogen and oxygen atoms in total. The number of hydrogen-bond acceptors (Lipinski definition) is 4. The van der Waals surface area contributed by atoms with Gasteiger partial charge in [0.15, 0.2) is 17.2 Å². The van der Waals surface area contributed by atoms with E-state index < -0.39 is 5.82 Å². The highest BCUT2D eigenvalue weighted by Crippen LogP contribution is 2.36. The summed E-state index contributed by atoms with van der Waals surface area (Å²) < 4.78 is 24.4. The van der Waals surface area contributed by atoms with Crippen LogP contribution in [0.5, 0.6) is 17.2 Å². The highest BCUT2D eigenvalue weighted by Gasteiger charge is 2.11. The molecule has 0 aliphatic carbocycles. The second-order valence-electron chi connectivity index (χ2n) is 4.05. The normalized spacial score (nSPS) is 10.4. The van der Waals surface area contributed by atoms with Crippen molar-refractivity contribution in [1.29, 1.82) is 0 Å². The molecule has 3 N–H and O–H groups in total. The van der Waals surface area contributed by atoms with Gasteiger partial charge in [-0.05, 0) is 33.6 Å². The maximum Gasteiger partial charge on any atom is 0.169 e.